The number of piperidine rings is 1. The van der Waals surface area contributed by atoms with Crippen LogP contribution in [0.3, 0.4) is 0 Å². The van der Waals surface area contributed by atoms with Crippen LogP contribution in [0.1, 0.15) is 52.0 Å². The maximum atomic E-state index is 5.85. The zero-order valence-electron chi connectivity index (χ0n) is 17.1. The maximum Gasteiger partial charge on any atom is 0.191 e. The van der Waals surface area contributed by atoms with Crippen LogP contribution < -0.4 is 15.5 Å². The van der Waals surface area contributed by atoms with Gasteiger partial charge in [-0.3, -0.25) is 0 Å². The van der Waals surface area contributed by atoms with Crippen molar-refractivity contribution in [2.24, 2.45) is 10.9 Å². The lowest BCUT2D eigenvalue weighted by atomic mass is 9.99. The summed E-state index contributed by atoms with van der Waals surface area (Å²) in [6.45, 7) is 11.9. The van der Waals surface area contributed by atoms with E-state index >= 15 is 0 Å². The molecule has 2 saturated heterocycles. The van der Waals surface area contributed by atoms with Gasteiger partial charge < -0.3 is 20.3 Å². The van der Waals surface area contributed by atoms with E-state index in [-0.39, 0.29) is 5.60 Å². The Morgan fingerprint density at radius 2 is 2.15 bits per heavy atom. The normalized spacial score (nSPS) is 24.3. The van der Waals surface area contributed by atoms with Gasteiger partial charge in [-0.2, -0.15) is 0 Å². The number of rotatable bonds is 6. The Balaban J connectivity index is 1.53. The van der Waals surface area contributed by atoms with Gasteiger partial charge in [-0.1, -0.05) is 13.0 Å². The summed E-state index contributed by atoms with van der Waals surface area (Å²) in [7, 11) is 0. The Kier molecular flexibility index (Phi) is 6.94. The summed E-state index contributed by atoms with van der Waals surface area (Å²) in [5.74, 6) is 2.76. The van der Waals surface area contributed by atoms with E-state index in [2.05, 4.69) is 53.4 Å². The van der Waals surface area contributed by atoms with Gasteiger partial charge in [0, 0.05) is 39.0 Å². The molecule has 0 saturated carbocycles. The Morgan fingerprint density at radius 1 is 1.33 bits per heavy atom. The summed E-state index contributed by atoms with van der Waals surface area (Å²) < 4.78 is 5.85. The van der Waals surface area contributed by atoms with Crippen LogP contribution in [-0.2, 0) is 11.3 Å². The van der Waals surface area contributed by atoms with E-state index in [1.54, 1.807) is 0 Å². The molecule has 2 aliphatic rings. The van der Waals surface area contributed by atoms with Crippen molar-refractivity contribution in [2.45, 2.75) is 58.6 Å². The second-order valence-corrected chi connectivity index (χ2v) is 8.14. The van der Waals surface area contributed by atoms with E-state index in [1.807, 2.05) is 6.20 Å². The van der Waals surface area contributed by atoms with Crippen LogP contribution in [0.5, 0.6) is 0 Å². The molecule has 0 aliphatic carbocycles. The lowest BCUT2D eigenvalue weighted by molar-refractivity contribution is 0.0243. The van der Waals surface area contributed by atoms with Gasteiger partial charge in [0.05, 0.1) is 12.1 Å². The quantitative estimate of drug-likeness (QED) is 0.593. The molecule has 3 heterocycles. The summed E-state index contributed by atoms with van der Waals surface area (Å²) in [5, 5.41) is 6.74. The lowest BCUT2D eigenvalue weighted by Crippen LogP contribution is -2.45. The van der Waals surface area contributed by atoms with Crippen molar-refractivity contribution >= 4 is 11.8 Å². The summed E-state index contributed by atoms with van der Waals surface area (Å²) in [4.78, 5) is 11.8. The zero-order chi connectivity index (χ0) is 19.1. The standard InChI is InChI=1S/C21H35N5O/c1-4-22-20(25-16-21(3)10-5-13-27-21)24-15-18-6-7-19(23-14-18)26-11-8-17(2)9-12-26/h6-7,14,17H,4-5,8-13,15-16H2,1-3H3,(H2,22,24,25). The number of aliphatic imine (C=N–C) groups is 1. The smallest absolute Gasteiger partial charge is 0.191 e. The number of anilines is 1. The van der Waals surface area contributed by atoms with Gasteiger partial charge in [-0.15, -0.1) is 0 Å². The largest absolute Gasteiger partial charge is 0.373 e. The number of aromatic nitrogens is 1. The molecule has 6 nitrogen and oxygen atoms in total. The molecule has 2 fully saturated rings. The first-order valence-corrected chi connectivity index (χ1v) is 10.4. The fourth-order valence-electron chi connectivity index (χ4n) is 3.69. The predicted molar refractivity (Wildman–Crippen MR) is 111 cm³/mol. The van der Waals surface area contributed by atoms with Gasteiger partial charge in [0.2, 0.25) is 0 Å². The first-order chi connectivity index (χ1) is 13.1. The molecule has 27 heavy (non-hydrogen) atoms. The van der Waals surface area contributed by atoms with Crippen molar-refractivity contribution in [3.05, 3.63) is 23.9 Å². The van der Waals surface area contributed by atoms with Crippen molar-refractivity contribution in [3.8, 4) is 0 Å². The minimum absolute atomic E-state index is 0.0780. The molecule has 2 aliphatic heterocycles. The Morgan fingerprint density at radius 3 is 2.78 bits per heavy atom. The van der Waals surface area contributed by atoms with E-state index in [1.165, 1.54) is 12.8 Å². The second-order valence-electron chi connectivity index (χ2n) is 8.14. The van der Waals surface area contributed by atoms with Crippen LogP contribution in [0.15, 0.2) is 23.3 Å². The highest BCUT2D eigenvalue weighted by molar-refractivity contribution is 5.79. The van der Waals surface area contributed by atoms with E-state index in [0.717, 1.165) is 68.9 Å². The number of ether oxygens (including phenoxy) is 1. The molecule has 1 atom stereocenters. The lowest BCUT2D eigenvalue weighted by Gasteiger charge is -2.31. The zero-order valence-corrected chi connectivity index (χ0v) is 17.1. The highest BCUT2D eigenvalue weighted by Gasteiger charge is 2.29. The number of pyridine rings is 1. The molecule has 0 bridgehead atoms. The molecule has 0 amide bonds. The third-order valence-corrected chi connectivity index (χ3v) is 5.61. The van der Waals surface area contributed by atoms with Gasteiger partial charge >= 0.3 is 0 Å². The third-order valence-electron chi connectivity index (χ3n) is 5.61. The van der Waals surface area contributed by atoms with Gasteiger partial charge in [0.15, 0.2) is 5.96 Å². The summed E-state index contributed by atoms with van der Waals surface area (Å²) in [6, 6.07) is 4.28. The highest BCUT2D eigenvalue weighted by Crippen LogP contribution is 2.24. The fraction of sp³-hybridized carbons (Fsp3) is 0.714. The third kappa shape index (κ3) is 5.83. The molecular formula is C21H35N5O. The number of nitrogens with one attached hydrogen (secondary N) is 2. The van der Waals surface area contributed by atoms with Crippen LogP contribution in [0.2, 0.25) is 0 Å². The van der Waals surface area contributed by atoms with Crippen LogP contribution in [0.25, 0.3) is 0 Å². The second kappa shape index (κ2) is 9.40. The minimum atomic E-state index is -0.0780. The number of hydrogen-bond acceptors (Lipinski definition) is 4. The average Bonchev–Trinajstić information content (AvgIpc) is 3.12. The highest BCUT2D eigenvalue weighted by atomic mass is 16.5. The Bertz CT molecular complexity index is 602. The summed E-state index contributed by atoms with van der Waals surface area (Å²) in [6.07, 6.45) is 6.71. The van der Waals surface area contributed by atoms with Gasteiger partial charge in [-0.05, 0) is 57.1 Å². The van der Waals surface area contributed by atoms with Crippen LogP contribution in [-0.4, -0.2) is 49.3 Å². The minimum Gasteiger partial charge on any atom is -0.373 e. The Hall–Kier alpha value is -1.82. The maximum absolute atomic E-state index is 5.85. The fourth-order valence-corrected chi connectivity index (χ4v) is 3.69. The van der Waals surface area contributed by atoms with E-state index in [0.29, 0.717) is 6.54 Å². The number of guanidine groups is 1. The predicted octanol–water partition coefficient (Wildman–Crippen LogP) is 2.94. The summed E-state index contributed by atoms with van der Waals surface area (Å²) in [5.41, 5.74) is 1.05. The van der Waals surface area contributed by atoms with Crippen molar-refractivity contribution in [1.29, 1.82) is 0 Å². The number of nitrogens with zero attached hydrogens (tertiary/aromatic N) is 3. The first kappa shape index (κ1) is 19.9. The van der Waals surface area contributed by atoms with Gasteiger partial charge in [-0.25, -0.2) is 9.98 Å². The van der Waals surface area contributed by atoms with E-state index in [9.17, 15) is 0 Å². The summed E-state index contributed by atoms with van der Waals surface area (Å²) >= 11 is 0. The Labute approximate surface area is 163 Å². The average molecular weight is 374 g/mol. The molecule has 150 valence electrons. The van der Waals surface area contributed by atoms with Crippen molar-refractivity contribution in [3.63, 3.8) is 0 Å². The van der Waals surface area contributed by atoms with E-state index in [4.69, 9.17) is 9.73 Å². The van der Waals surface area contributed by atoms with Crippen molar-refractivity contribution in [1.82, 2.24) is 15.6 Å². The van der Waals surface area contributed by atoms with Gasteiger partial charge in [0.25, 0.3) is 0 Å². The van der Waals surface area contributed by atoms with Crippen molar-refractivity contribution < 1.29 is 4.74 Å². The molecule has 1 aromatic heterocycles. The molecule has 0 spiro atoms. The molecular weight excluding hydrogens is 338 g/mol. The van der Waals surface area contributed by atoms with Crippen molar-refractivity contribution in [2.75, 3.05) is 37.7 Å². The topological polar surface area (TPSA) is 61.8 Å². The molecule has 0 aromatic carbocycles. The number of hydrogen-bond donors (Lipinski definition) is 2. The monoisotopic (exact) mass is 373 g/mol. The van der Waals surface area contributed by atoms with Crippen LogP contribution in [0, 0.1) is 5.92 Å². The van der Waals surface area contributed by atoms with Gasteiger partial charge in [0.1, 0.15) is 5.82 Å². The molecule has 1 unspecified atom stereocenters. The molecule has 6 heteroatoms. The molecule has 3 rings (SSSR count). The molecule has 0 radical (unpaired) electrons. The van der Waals surface area contributed by atoms with Crippen LogP contribution >= 0.6 is 0 Å². The first-order valence-electron chi connectivity index (χ1n) is 10.4. The van der Waals surface area contributed by atoms with E-state index < -0.39 is 0 Å². The molecule has 1 aromatic rings. The SMILES string of the molecule is CCNC(=NCc1ccc(N2CCC(C)CC2)nc1)NCC1(C)CCCO1. The molecule has 2 N–H and O–H groups in total. The van der Waals surface area contributed by atoms with Crippen LogP contribution in [0.4, 0.5) is 5.82 Å².